The molecule has 1 amide bonds. The zero-order valence-corrected chi connectivity index (χ0v) is 12.6. The Bertz CT molecular complexity index is 827. The first-order valence-electron chi connectivity index (χ1n) is 7.00. The van der Waals surface area contributed by atoms with E-state index in [1.165, 1.54) is 0 Å². The predicted molar refractivity (Wildman–Crippen MR) is 81.4 cm³/mol. The molecule has 1 atom stereocenters. The Morgan fingerprint density at radius 2 is 2.18 bits per heavy atom. The lowest BCUT2D eigenvalue weighted by Crippen LogP contribution is -2.27. The molecule has 6 heteroatoms. The lowest BCUT2D eigenvalue weighted by atomic mass is 10.1. The largest absolute Gasteiger partial charge is 0.345 e. The summed E-state index contributed by atoms with van der Waals surface area (Å²) in [6.07, 6.45) is 3.44. The number of aryl methyl sites for hydroxylation is 2. The highest BCUT2D eigenvalue weighted by molar-refractivity contribution is 6.06. The highest BCUT2D eigenvalue weighted by Crippen LogP contribution is 2.22. The fourth-order valence-electron chi connectivity index (χ4n) is 2.39. The maximum Gasteiger partial charge on any atom is 0.258 e. The van der Waals surface area contributed by atoms with Gasteiger partial charge in [0.1, 0.15) is 0 Å². The van der Waals surface area contributed by atoms with Gasteiger partial charge in [-0.3, -0.25) is 9.78 Å². The summed E-state index contributed by atoms with van der Waals surface area (Å²) >= 11 is 0. The number of hydrogen-bond acceptors (Lipinski definition) is 5. The van der Waals surface area contributed by atoms with Crippen LogP contribution in [0.2, 0.25) is 0 Å². The van der Waals surface area contributed by atoms with E-state index in [0.717, 1.165) is 5.56 Å². The van der Waals surface area contributed by atoms with E-state index in [2.05, 4.69) is 20.4 Å². The van der Waals surface area contributed by atoms with E-state index in [1.54, 1.807) is 25.4 Å². The van der Waals surface area contributed by atoms with Crippen LogP contribution >= 0.6 is 0 Å². The van der Waals surface area contributed by atoms with Crippen LogP contribution in [0.1, 0.15) is 40.3 Å². The Morgan fingerprint density at radius 1 is 1.36 bits per heavy atom. The minimum Gasteiger partial charge on any atom is -0.345 e. The standard InChI is InChI=1S/C16H16N4O2/c1-9-7-13(14-11(3)20-22-16(14)18-9)15(21)19-10(2)12-5-4-6-17-8-12/h4-8,10H,1-3H3,(H,19,21). The third-order valence-corrected chi connectivity index (χ3v) is 3.52. The van der Waals surface area contributed by atoms with Gasteiger partial charge >= 0.3 is 0 Å². The molecular weight excluding hydrogens is 280 g/mol. The van der Waals surface area contributed by atoms with Crippen molar-refractivity contribution in [2.45, 2.75) is 26.8 Å². The normalized spacial score (nSPS) is 12.3. The monoisotopic (exact) mass is 296 g/mol. The highest BCUT2D eigenvalue weighted by atomic mass is 16.5. The maximum absolute atomic E-state index is 12.6. The molecule has 0 radical (unpaired) electrons. The van der Waals surface area contributed by atoms with Crippen LogP contribution in [-0.4, -0.2) is 21.0 Å². The summed E-state index contributed by atoms with van der Waals surface area (Å²) < 4.78 is 5.16. The topological polar surface area (TPSA) is 80.9 Å². The minimum atomic E-state index is -0.182. The smallest absolute Gasteiger partial charge is 0.258 e. The number of fused-ring (bicyclic) bond motifs is 1. The van der Waals surface area contributed by atoms with Gasteiger partial charge in [-0.2, -0.15) is 0 Å². The number of carbonyl (C=O) groups is 1. The van der Waals surface area contributed by atoms with Gasteiger partial charge in [-0.05, 0) is 38.5 Å². The fourth-order valence-corrected chi connectivity index (χ4v) is 2.39. The molecule has 22 heavy (non-hydrogen) atoms. The zero-order chi connectivity index (χ0) is 15.7. The Morgan fingerprint density at radius 3 is 2.91 bits per heavy atom. The van der Waals surface area contributed by atoms with Gasteiger partial charge in [-0.1, -0.05) is 11.2 Å². The second-order valence-corrected chi connectivity index (χ2v) is 5.24. The van der Waals surface area contributed by atoms with Gasteiger partial charge in [0.2, 0.25) is 0 Å². The quantitative estimate of drug-likeness (QED) is 0.803. The van der Waals surface area contributed by atoms with E-state index in [0.29, 0.717) is 28.1 Å². The summed E-state index contributed by atoms with van der Waals surface area (Å²) in [5, 5.41) is 7.52. The second kappa shape index (κ2) is 5.55. The van der Waals surface area contributed by atoms with Crippen molar-refractivity contribution in [1.82, 2.24) is 20.4 Å². The van der Waals surface area contributed by atoms with Gasteiger partial charge in [-0.25, -0.2) is 4.98 Å². The van der Waals surface area contributed by atoms with E-state index >= 15 is 0 Å². The van der Waals surface area contributed by atoms with Gasteiger partial charge in [0.05, 0.1) is 22.7 Å². The molecule has 3 aromatic heterocycles. The van der Waals surface area contributed by atoms with Crippen LogP contribution < -0.4 is 5.32 Å². The third-order valence-electron chi connectivity index (χ3n) is 3.52. The summed E-state index contributed by atoms with van der Waals surface area (Å²) in [5.41, 5.74) is 3.22. The van der Waals surface area contributed by atoms with Gasteiger partial charge in [0.15, 0.2) is 0 Å². The lowest BCUT2D eigenvalue weighted by molar-refractivity contribution is 0.0941. The van der Waals surface area contributed by atoms with E-state index in [4.69, 9.17) is 4.52 Å². The van der Waals surface area contributed by atoms with E-state index in [9.17, 15) is 4.79 Å². The molecule has 0 bridgehead atoms. The summed E-state index contributed by atoms with van der Waals surface area (Å²) in [7, 11) is 0. The van der Waals surface area contributed by atoms with Gasteiger partial charge in [0, 0.05) is 18.1 Å². The molecule has 3 aromatic rings. The van der Waals surface area contributed by atoms with Crippen LogP contribution in [-0.2, 0) is 0 Å². The average molecular weight is 296 g/mol. The van der Waals surface area contributed by atoms with Gasteiger partial charge < -0.3 is 9.84 Å². The van der Waals surface area contributed by atoms with Crippen molar-refractivity contribution < 1.29 is 9.32 Å². The van der Waals surface area contributed by atoms with Crippen molar-refractivity contribution in [1.29, 1.82) is 0 Å². The van der Waals surface area contributed by atoms with Crippen LogP contribution in [0.3, 0.4) is 0 Å². The maximum atomic E-state index is 12.6. The molecule has 0 fully saturated rings. The molecular formula is C16H16N4O2. The Hall–Kier alpha value is -2.76. The fraction of sp³-hybridized carbons (Fsp3) is 0.250. The van der Waals surface area contributed by atoms with Crippen molar-refractivity contribution in [3.05, 3.63) is 53.1 Å². The van der Waals surface area contributed by atoms with E-state index in [1.807, 2.05) is 26.0 Å². The predicted octanol–water partition coefficient (Wildman–Crippen LogP) is 2.73. The second-order valence-electron chi connectivity index (χ2n) is 5.24. The van der Waals surface area contributed by atoms with E-state index < -0.39 is 0 Å². The van der Waals surface area contributed by atoms with Gasteiger partial charge in [-0.15, -0.1) is 0 Å². The number of pyridine rings is 2. The molecule has 3 rings (SSSR count). The molecule has 6 nitrogen and oxygen atoms in total. The molecule has 0 aliphatic carbocycles. The average Bonchev–Trinajstić information content (AvgIpc) is 2.88. The van der Waals surface area contributed by atoms with Crippen LogP contribution in [0, 0.1) is 13.8 Å². The number of hydrogen-bond donors (Lipinski definition) is 1. The van der Waals surface area contributed by atoms with Crippen molar-refractivity contribution in [2.24, 2.45) is 0 Å². The molecule has 1 N–H and O–H groups in total. The van der Waals surface area contributed by atoms with Crippen LogP contribution in [0.5, 0.6) is 0 Å². The third kappa shape index (κ3) is 2.55. The first-order valence-corrected chi connectivity index (χ1v) is 7.00. The molecule has 3 heterocycles. The van der Waals surface area contributed by atoms with E-state index in [-0.39, 0.29) is 11.9 Å². The number of nitrogens with zero attached hydrogens (tertiary/aromatic N) is 3. The number of aromatic nitrogens is 3. The van der Waals surface area contributed by atoms with Crippen molar-refractivity contribution >= 4 is 17.0 Å². The Balaban J connectivity index is 1.94. The molecule has 1 unspecified atom stereocenters. The first-order chi connectivity index (χ1) is 10.6. The number of amides is 1. The molecule has 0 aliphatic rings. The van der Waals surface area contributed by atoms with Gasteiger partial charge in [0.25, 0.3) is 11.6 Å². The Labute approximate surface area is 127 Å². The number of rotatable bonds is 3. The number of carbonyl (C=O) groups excluding carboxylic acids is 1. The Kier molecular flexibility index (Phi) is 3.58. The molecule has 0 saturated carbocycles. The summed E-state index contributed by atoms with van der Waals surface area (Å²) in [6.45, 7) is 5.53. The SMILES string of the molecule is Cc1cc(C(=O)NC(C)c2cccnc2)c2c(C)noc2n1. The van der Waals surface area contributed by atoms with Crippen molar-refractivity contribution in [3.8, 4) is 0 Å². The lowest BCUT2D eigenvalue weighted by Gasteiger charge is -2.14. The van der Waals surface area contributed by atoms with Crippen LogP contribution in [0.25, 0.3) is 11.1 Å². The van der Waals surface area contributed by atoms with Crippen LogP contribution in [0.15, 0.2) is 35.1 Å². The molecule has 0 aliphatic heterocycles. The summed E-state index contributed by atoms with van der Waals surface area (Å²) in [4.78, 5) is 20.9. The summed E-state index contributed by atoms with van der Waals surface area (Å²) in [6, 6.07) is 5.37. The molecule has 112 valence electrons. The number of nitrogens with one attached hydrogen (secondary N) is 1. The minimum absolute atomic E-state index is 0.148. The molecule has 0 spiro atoms. The molecule has 0 aromatic carbocycles. The van der Waals surface area contributed by atoms with Crippen molar-refractivity contribution in [3.63, 3.8) is 0 Å². The van der Waals surface area contributed by atoms with Crippen molar-refractivity contribution in [2.75, 3.05) is 0 Å². The van der Waals surface area contributed by atoms with Crippen LogP contribution in [0.4, 0.5) is 0 Å². The first kappa shape index (κ1) is 14.2. The summed E-state index contributed by atoms with van der Waals surface area (Å²) in [5.74, 6) is -0.182. The highest BCUT2D eigenvalue weighted by Gasteiger charge is 2.19. The molecule has 0 saturated heterocycles. The zero-order valence-electron chi connectivity index (χ0n) is 12.6.